The average Bonchev–Trinajstić information content (AvgIpc) is 3.18. The maximum Gasteiger partial charge on any atom is 0.220 e. The Bertz CT molecular complexity index is 1100. The fraction of sp³-hybridized carbons (Fsp3) is 0.917. The number of aliphatic hydroxyl groups is 11. The highest BCUT2D eigenvalue weighted by atomic mass is 16.8. The molecule has 0 spiro atoms. The number of aliphatic hydroxyl groups excluding tert-OH is 11. The number of hydrogen-bond acceptors (Lipinski definition) is 18. The van der Waals surface area contributed by atoms with Crippen molar-refractivity contribution in [2.75, 3.05) is 26.4 Å². The lowest BCUT2D eigenvalue weighted by Gasteiger charge is -2.48. The third kappa shape index (κ3) is 13.5. The van der Waals surface area contributed by atoms with Crippen LogP contribution in [0, 0.1) is 0 Å². The predicted octanol–water partition coefficient (Wildman–Crippen LogP) is -3.21. The van der Waals surface area contributed by atoms with Crippen LogP contribution in [-0.4, -0.2) is 193 Å². The minimum Gasteiger partial charge on any atom is -0.394 e. The smallest absolute Gasteiger partial charge is 0.220 e. The molecule has 3 heterocycles. The highest BCUT2D eigenvalue weighted by molar-refractivity contribution is 5.76. The van der Waals surface area contributed by atoms with Crippen LogP contribution in [0.15, 0.2) is 12.2 Å². The Morgan fingerprint density at radius 2 is 1.13 bits per heavy atom. The van der Waals surface area contributed by atoms with Crippen molar-refractivity contribution in [2.24, 2.45) is 0 Å². The minimum absolute atomic E-state index is 0.234. The third-order valence-electron chi connectivity index (χ3n) is 10.1. The number of allylic oxidation sites excluding steroid dienone is 1. The van der Waals surface area contributed by atoms with Crippen molar-refractivity contribution in [3.8, 4) is 0 Å². The standard InChI is InChI=1S/C36H65NO18/c1-3-5-7-9-10-11-13-20(41)19(37-24(42)14-12-8-6-4-2)18-50-34-30(48)27(45)32(22(16-39)52-34)55-36-31(49)28(46)33(23(17-40)53-36)54-35-29(47)26(44)25(43)21(15-38)51-35/h11,13,19-23,25-36,38-41,43-49H,3-10,12,14-18H2,1-2H3,(H,37,42)/b13-11+. The van der Waals surface area contributed by atoms with Gasteiger partial charge in [-0.05, 0) is 19.3 Å². The molecule has 322 valence electrons. The van der Waals surface area contributed by atoms with Crippen molar-refractivity contribution < 1.29 is 89.4 Å². The van der Waals surface area contributed by atoms with E-state index in [1.165, 1.54) is 0 Å². The fourth-order valence-corrected chi connectivity index (χ4v) is 6.66. The number of rotatable bonds is 23. The van der Waals surface area contributed by atoms with Gasteiger partial charge in [0.15, 0.2) is 18.9 Å². The molecule has 3 rings (SSSR count). The zero-order chi connectivity index (χ0) is 40.7. The summed E-state index contributed by atoms with van der Waals surface area (Å²) in [6.45, 7) is 1.39. The molecule has 19 nitrogen and oxygen atoms in total. The van der Waals surface area contributed by atoms with E-state index < -0.39 is 124 Å². The first-order valence-corrected chi connectivity index (χ1v) is 19.4. The van der Waals surface area contributed by atoms with Gasteiger partial charge in [-0.25, -0.2) is 0 Å². The van der Waals surface area contributed by atoms with Crippen LogP contribution in [0.5, 0.6) is 0 Å². The van der Waals surface area contributed by atoms with E-state index in [1.807, 2.05) is 6.08 Å². The molecule has 17 unspecified atom stereocenters. The number of hydrogen-bond donors (Lipinski definition) is 12. The number of amides is 1. The van der Waals surface area contributed by atoms with Crippen molar-refractivity contribution >= 4 is 5.91 Å². The summed E-state index contributed by atoms with van der Waals surface area (Å²) < 4.78 is 33.7. The van der Waals surface area contributed by atoms with Gasteiger partial charge in [0.2, 0.25) is 5.91 Å². The van der Waals surface area contributed by atoms with Gasteiger partial charge >= 0.3 is 0 Å². The Labute approximate surface area is 321 Å². The molecule has 0 aromatic heterocycles. The SMILES string of the molecule is CCCCCC/C=C/C(O)C(COC1OC(CO)C(OC2OC(CO)C(OC3OC(CO)C(O)C(O)C3O)C(O)C2O)C(O)C1O)NC(=O)CCCCCC. The molecular weight excluding hydrogens is 734 g/mol. The Kier molecular flexibility index (Phi) is 21.3. The lowest BCUT2D eigenvalue weighted by atomic mass is 9.96. The molecule has 3 fully saturated rings. The number of nitrogens with one attached hydrogen (secondary N) is 1. The van der Waals surface area contributed by atoms with Crippen molar-refractivity contribution in [3.05, 3.63) is 12.2 Å². The predicted molar refractivity (Wildman–Crippen MR) is 190 cm³/mol. The molecular formula is C36H65NO18. The average molecular weight is 800 g/mol. The van der Waals surface area contributed by atoms with Gasteiger partial charge in [-0.2, -0.15) is 0 Å². The summed E-state index contributed by atoms with van der Waals surface area (Å²) in [7, 11) is 0. The number of carbonyl (C=O) groups excluding carboxylic acids is 1. The van der Waals surface area contributed by atoms with Crippen LogP contribution in [0.4, 0.5) is 0 Å². The van der Waals surface area contributed by atoms with Gasteiger partial charge in [0.05, 0.1) is 38.6 Å². The summed E-state index contributed by atoms with van der Waals surface area (Å²) in [5.74, 6) is -0.304. The molecule has 0 saturated carbocycles. The topological polar surface area (TPSA) is 307 Å². The summed E-state index contributed by atoms with van der Waals surface area (Å²) in [6, 6.07) is -0.958. The fourth-order valence-electron chi connectivity index (χ4n) is 6.66. The molecule has 3 saturated heterocycles. The van der Waals surface area contributed by atoms with Crippen molar-refractivity contribution in [3.63, 3.8) is 0 Å². The summed E-state index contributed by atoms with van der Waals surface area (Å²) in [5.41, 5.74) is 0. The molecule has 0 bridgehead atoms. The number of unbranched alkanes of at least 4 members (excludes halogenated alkanes) is 7. The lowest BCUT2D eigenvalue weighted by molar-refractivity contribution is -0.379. The Morgan fingerprint density at radius 3 is 1.67 bits per heavy atom. The summed E-state index contributed by atoms with van der Waals surface area (Å²) in [4.78, 5) is 12.8. The van der Waals surface area contributed by atoms with Crippen LogP contribution in [0.3, 0.4) is 0 Å². The van der Waals surface area contributed by atoms with Gasteiger partial charge in [-0.1, -0.05) is 64.5 Å². The quantitative estimate of drug-likeness (QED) is 0.0358. The number of ether oxygens (including phenoxy) is 6. The molecule has 0 radical (unpaired) electrons. The first-order chi connectivity index (χ1) is 26.3. The van der Waals surface area contributed by atoms with Crippen molar-refractivity contribution in [2.45, 2.75) is 182 Å². The first-order valence-electron chi connectivity index (χ1n) is 19.4. The van der Waals surface area contributed by atoms with Gasteiger partial charge < -0.3 is 89.9 Å². The van der Waals surface area contributed by atoms with E-state index in [9.17, 15) is 61.0 Å². The first kappa shape index (κ1) is 47.9. The second kappa shape index (κ2) is 24.5. The molecule has 1 amide bonds. The van der Waals surface area contributed by atoms with Crippen LogP contribution < -0.4 is 5.32 Å². The molecule has 19 heteroatoms. The van der Waals surface area contributed by atoms with Gasteiger partial charge in [-0.3, -0.25) is 4.79 Å². The molecule has 0 aromatic rings. The summed E-state index contributed by atoms with van der Waals surface area (Å²) in [5, 5.41) is 118. The van der Waals surface area contributed by atoms with E-state index >= 15 is 0 Å². The van der Waals surface area contributed by atoms with Gasteiger partial charge in [0.1, 0.15) is 73.2 Å². The van der Waals surface area contributed by atoms with Crippen molar-refractivity contribution in [1.82, 2.24) is 5.32 Å². The second-order valence-electron chi connectivity index (χ2n) is 14.4. The summed E-state index contributed by atoms with van der Waals surface area (Å²) in [6.07, 6.45) is -14.7. The van der Waals surface area contributed by atoms with Crippen LogP contribution in [-0.2, 0) is 33.2 Å². The van der Waals surface area contributed by atoms with Crippen LogP contribution >= 0.6 is 0 Å². The third-order valence-corrected chi connectivity index (χ3v) is 10.1. The van der Waals surface area contributed by atoms with E-state index in [0.29, 0.717) is 6.42 Å². The maximum atomic E-state index is 12.8. The lowest BCUT2D eigenvalue weighted by Crippen LogP contribution is -2.66. The maximum absolute atomic E-state index is 12.8. The van der Waals surface area contributed by atoms with E-state index in [2.05, 4.69) is 19.2 Å². The Morgan fingerprint density at radius 1 is 0.636 bits per heavy atom. The van der Waals surface area contributed by atoms with Crippen LogP contribution in [0.25, 0.3) is 0 Å². The monoisotopic (exact) mass is 799 g/mol. The highest BCUT2D eigenvalue weighted by Gasteiger charge is 2.53. The van der Waals surface area contributed by atoms with Gasteiger partial charge in [-0.15, -0.1) is 0 Å². The molecule has 17 atom stereocenters. The molecule has 55 heavy (non-hydrogen) atoms. The largest absolute Gasteiger partial charge is 0.394 e. The minimum atomic E-state index is -1.97. The zero-order valence-electron chi connectivity index (χ0n) is 31.6. The van der Waals surface area contributed by atoms with Crippen LogP contribution in [0.1, 0.15) is 78.1 Å². The normalized spacial score (nSPS) is 38.2. The summed E-state index contributed by atoms with van der Waals surface area (Å²) >= 11 is 0. The number of carbonyl (C=O) groups is 1. The van der Waals surface area contributed by atoms with E-state index in [1.54, 1.807) is 6.08 Å². The molecule has 0 aliphatic carbocycles. The van der Waals surface area contributed by atoms with E-state index in [4.69, 9.17) is 28.4 Å². The molecule has 0 aromatic carbocycles. The molecule has 12 N–H and O–H groups in total. The van der Waals surface area contributed by atoms with Gasteiger partial charge in [0, 0.05) is 6.42 Å². The Hall–Kier alpha value is -1.47. The van der Waals surface area contributed by atoms with Crippen LogP contribution in [0.2, 0.25) is 0 Å². The highest BCUT2D eigenvalue weighted by Crippen LogP contribution is 2.32. The second-order valence-corrected chi connectivity index (χ2v) is 14.4. The Balaban J connectivity index is 1.65. The zero-order valence-corrected chi connectivity index (χ0v) is 31.6. The molecule has 3 aliphatic rings. The van der Waals surface area contributed by atoms with E-state index in [0.717, 1.165) is 51.4 Å². The van der Waals surface area contributed by atoms with E-state index in [-0.39, 0.29) is 18.9 Å². The molecule has 3 aliphatic heterocycles. The van der Waals surface area contributed by atoms with Gasteiger partial charge in [0.25, 0.3) is 0 Å². The van der Waals surface area contributed by atoms with Crippen molar-refractivity contribution in [1.29, 1.82) is 0 Å².